The summed E-state index contributed by atoms with van der Waals surface area (Å²) in [4.78, 5) is 39.4. The van der Waals surface area contributed by atoms with E-state index in [1.54, 1.807) is 4.90 Å². The Bertz CT molecular complexity index is 404. The van der Waals surface area contributed by atoms with Gasteiger partial charge < -0.3 is 14.5 Å². The number of ketones is 1. The van der Waals surface area contributed by atoms with Crippen molar-refractivity contribution in [1.82, 2.24) is 9.80 Å². The molecule has 1 unspecified atom stereocenters. The quantitative estimate of drug-likeness (QED) is 0.557. The van der Waals surface area contributed by atoms with Crippen LogP contribution in [-0.4, -0.2) is 67.3 Å². The van der Waals surface area contributed by atoms with Crippen molar-refractivity contribution in [3.05, 3.63) is 0 Å². The number of carbonyl (C=O) groups is 3. The highest BCUT2D eigenvalue weighted by Crippen LogP contribution is 2.17. The molecule has 2 rings (SSSR count). The Morgan fingerprint density at radius 2 is 1.90 bits per heavy atom. The maximum absolute atomic E-state index is 12.2. The molecule has 0 aromatic rings. The molecular weight excluding hydrogens is 272 g/mol. The second-order valence-electron chi connectivity index (χ2n) is 5.80. The summed E-state index contributed by atoms with van der Waals surface area (Å²) in [5, 5.41) is 0. The molecule has 0 N–H and O–H groups in total. The maximum Gasteiger partial charge on any atom is 0.316 e. The lowest BCUT2D eigenvalue weighted by molar-refractivity contribution is -0.154. The lowest BCUT2D eigenvalue weighted by Gasteiger charge is -2.31. The largest absolute Gasteiger partial charge is 0.468 e. The molecule has 0 radical (unpaired) electrons. The second-order valence-corrected chi connectivity index (χ2v) is 5.80. The predicted octanol–water partition coefficient (Wildman–Crippen LogP) is 0.453. The van der Waals surface area contributed by atoms with Gasteiger partial charge in [-0.15, -0.1) is 0 Å². The van der Waals surface area contributed by atoms with E-state index in [-0.39, 0.29) is 18.2 Å². The first-order chi connectivity index (χ1) is 10.1. The van der Waals surface area contributed by atoms with E-state index in [4.69, 9.17) is 0 Å². The molecule has 1 atom stereocenters. The van der Waals surface area contributed by atoms with E-state index < -0.39 is 11.9 Å². The van der Waals surface area contributed by atoms with E-state index in [9.17, 15) is 14.4 Å². The highest BCUT2D eigenvalue weighted by atomic mass is 16.5. The van der Waals surface area contributed by atoms with Crippen LogP contribution in [0.25, 0.3) is 0 Å². The zero-order valence-electron chi connectivity index (χ0n) is 12.7. The van der Waals surface area contributed by atoms with Crippen LogP contribution < -0.4 is 0 Å². The van der Waals surface area contributed by atoms with E-state index in [1.165, 1.54) is 26.4 Å². The van der Waals surface area contributed by atoms with Crippen LogP contribution in [0.15, 0.2) is 0 Å². The van der Waals surface area contributed by atoms with E-state index in [0.717, 1.165) is 19.6 Å². The van der Waals surface area contributed by atoms with Crippen LogP contribution in [-0.2, 0) is 19.1 Å². The lowest BCUT2D eigenvalue weighted by atomic mass is 9.95. The van der Waals surface area contributed by atoms with Crippen molar-refractivity contribution < 1.29 is 19.1 Å². The summed E-state index contributed by atoms with van der Waals surface area (Å²) in [6, 6.07) is 0. The van der Waals surface area contributed by atoms with Crippen molar-refractivity contribution >= 4 is 17.7 Å². The van der Waals surface area contributed by atoms with Gasteiger partial charge in [0.15, 0.2) is 5.78 Å². The highest BCUT2D eigenvalue weighted by molar-refractivity contribution is 6.01. The summed E-state index contributed by atoms with van der Waals surface area (Å²) in [7, 11) is 1.28. The number of nitrogens with zero attached hydrogens (tertiary/aromatic N) is 2. The van der Waals surface area contributed by atoms with E-state index in [1.807, 2.05) is 0 Å². The monoisotopic (exact) mass is 296 g/mol. The summed E-state index contributed by atoms with van der Waals surface area (Å²) in [5.41, 5.74) is 0. The average Bonchev–Trinajstić information content (AvgIpc) is 2.52. The topological polar surface area (TPSA) is 66.9 Å². The van der Waals surface area contributed by atoms with Crippen molar-refractivity contribution in [3.8, 4) is 0 Å². The number of ether oxygens (including phenoxy) is 1. The summed E-state index contributed by atoms with van der Waals surface area (Å²) < 4.78 is 4.61. The van der Waals surface area contributed by atoms with Gasteiger partial charge in [0.25, 0.3) is 0 Å². The molecule has 2 heterocycles. The van der Waals surface area contributed by atoms with Gasteiger partial charge in [-0.05, 0) is 32.4 Å². The van der Waals surface area contributed by atoms with Gasteiger partial charge >= 0.3 is 5.97 Å². The Kier molecular flexibility index (Phi) is 5.73. The van der Waals surface area contributed by atoms with Gasteiger partial charge in [0, 0.05) is 19.5 Å². The van der Waals surface area contributed by atoms with Crippen molar-refractivity contribution in [2.75, 3.05) is 39.8 Å². The third-order valence-corrected chi connectivity index (χ3v) is 4.35. The summed E-state index contributed by atoms with van der Waals surface area (Å²) in [6.07, 6.45) is 4.52. The molecule has 0 spiro atoms. The molecule has 118 valence electrons. The number of esters is 1. The molecule has 0 bridgehead atoms. The first-order valence-electron chi connectivity index (χ1n) is 7.72. The number of hydrogen-bond acceptors (Lipinski definition) is 5. The molecular formula is C15H24N2O4. The number of Topliss-reactive ketones (excluding diaryl/α,β-unsaturated/α-hetero) is 1. The SMILES string of the molecule is COC(=O)C1CCN(C(=O)CCN2CCCCC2)CC1=O. The van der Waals surface area contributed by atoms with Crippen LogP contribution in [0.5, 0.6) is 0 Å². The fourth-order valence-electron chi connectivity index (χ4n) is 3.02. The smallest absolute Gasteiger partial charge is 0.316 e. The minimum Gasteiger partial charge on any atom is -0.468 e. The number of piperidine rings is 2. The molecule has 6 heteroatoms. The van der Waals surface area contributed by atoms with Crippen LogP contribution in [0.1, 0.15) is 32.1 Å². The number of methoxy groups -OCH3 is 1. The van der Waals surface area contributed by atoms with Gasteiger partial charge in [-0.2, -0.15) is 0 Å². The number of carbonyl (C=O) groups excluding carboxylic acids is 3. The summed E-state index contributed by atoms with van der Waals surface area (Å²) >= 11 is 0. The summed E-state index contributed by atoms with van der Waals surface area (Å²) in [5.74, 6) is -1.38. The van der Waals surface area contributed by atoms with E-state index in [0.29, 0.717) is 19.4 Å². The standard InChI is InChI=1S/C15H24N2O4/c1-21-15(20)12-5-10-17(11-13(12)18)14(19)6-9-16-7-3-2-4-8-16/h12H,2-11H2,1H3. The van der Waals surface area contributed by atoms with Gasteiger partial charge in [-0.3, -0.25) is 14.4 Å². The number of amides is 1. The van der Waals surface area contributed by atoms with Gasteiger partial charge in [-0.1, -0.05) is 6.42 Å². The molecule has 21 heavy (non-hydrogen) atoms. The molecule has 0 saturated carbocycles. The Morgan fingerprint density at radius 1 is 1.19 bits per heavy atom. The number of rotatable bonds is 4. The number of hydrogen-bond donors (Lipinski definition) is 0. The third kappa shape index (κ3) is 4.27. The molecule has 0 aromatic heterocycles. The summed E-state index contributed by atoms with van der Waals surface area (Å²) in [6.45, 7) is 3.40. The van der Waals surface area contributed by atoms with Gasteiger partial charge in [-0.25, -0.2) is 0 Å². The molecule has 0 aliphatic carbocycles. The van der Waals surface area contributed by atoms with Crippen LogP contribution in [0.4, 0.5) is 0 Å². The number of likely N-dealkylation sites (tertiary alicyclic amines) is 2. The molecule has 1 amide bonds. The van der Waals surface area contributed by atoms with Crippen molar-refractivity contribution in [2.24, 2.45) is 5.92 Å². The molecule has 0 aromatic carbocycles. The van der Waals surface area contributed by atoms with Crippen LogP contribution >= 0.6 is 0 Å². The van der Waals surface area contributed by atoms with E-state index >= 15 is 0 Å². The molecule has 2 aliphatic heterocycles. The van der Waals surface area contributed by atoms with Crippen LogP contribution in [0, 0.1) is 5.92 Å². The van der Waals surface area contributed by atoms with E-state index in [2.05, 4.69) is 9.64 Å². The highest BCUT2D eigenvalue weighted by Gasteiger charge is 2.34. The van der Waals surface area contributed by atoms with Gasteiger partial charge in [0.1, 0.15) is 5.92 Å². The lowest BCUT2D eigenvalue weighted by Crippen LogP contribution is -2.47. The molecule has 6 nitrogen and oxygen atoms in total. The Morgan fingerprint density at radius 3 is 2.52 bits per heavy atom. The zero-order valence-corrected chi connectivity index (χ0v) is 12.7. The molecule has 2 fully saturated rings. The van der Waals surface area contributed by atoms with Gasteiger partial charge in [0.05, 0.1) is 13.7 Å². The van der Waals surface area contributed by atoms with Crippen LogP contribution in [0.3, 0.4) is 0 Å². The minimum absolute atomic E-state index is 0.0113. The Labute approximate surface area is 125 Å². The molecule has 2 saturated heterocycles. The third-order valence-electron chi connectivity index (χ3n) is 4.35. The first kappa shape index (κ1) is 15.9. The van der Waals surface area contributed by atoms with Crippen molar-refractivity contribution in [3.63, 3.8) is 0 Å². The van der Waals surface area contributed by atoms with Gasteiger partial charge in [0.2, 0.25) is 5.91 Å². The predicted molar refractivity (Wildman–Crippen MR) is 76.6 cm³/mol. The fraction of sp³-hybridized carbons (Fsp3) is 0.800. The maximum atomic E-state index is 12.2. The van der Waals surface area contributed by atoms with Crippen molar-refractivity contribution in [2.45, 2.75) is 32.1 Å². The Hall–Kier alpha value is -1.43. The molecule has 2 aliphatic rings. The van der Waals surface area contributed by atoms with Crippen molar-refractivity contribution in [1.29, 1.82) is 0 Å². The second kappa shape index (κ2) is 7.54. The Balaban J connectivity index is 1.76. The van der Waals surface area contributed by atoms with Crippen LogP contribution in [0.2, 0.25) is 0 Å². The minimum atomic E-state index is -0.693. The average molecular weight is 296 g/mol. The first-order valence-corrected chi connectivity index (χ1v) is 7.72. The zero-order chi connectivity index (χ0) is 15.2. The fourth-order valence-corrected chi connectivity index (χ4v) is 3.02. The normalized spacial score (nSPS) is 24.0.